The fourth-order valence-corrected chi connectivity index (χ4v) is 2.54. The van der Waals surface area contributed by atoms with Crippen molar-refractivity contribution in [3.63, 3.8) is 0 Å². The molecule has 0 spiro atoms. The first-order valence-electron chi connectivity index (χ1n) is 6.86. The number of urea groups is 1. The van der Waals surface area contributed by atoms with E-state index in [0.717, 1.165) is 21.2 Å². The highest BCUT2D eigenvalue weighted by molar-refractivity contribution is 7.99. The molecule has 0 saturated carbocycles. The molecule has 2 aromatic heterocycles. The van der Waals surface area contributed by atoms with Gasteiger partial charge in [0.15, 0.2) is 0 Å². The van der Waals surface area contributed by atoms with Crippen molar-refractivity contribution in [2.45, 2.75) is 16.5 Å². The van der Waals surface area contributed by atoms with Crippen LogP contribution in [0.25, 0.3) is 0 Å². The van der Waals surface area contributed by atoms with Crippen molar-refractivity contribution >= 4 is 23.5 Å². The van der Waals surface area contributed by atoms with Crippen molar-refractivity contribution in [1.82, 2.24) is 25.5 Å². The van der Waals surface area contributed by atoms with Gasteiger partial charge in [0.1, 0.15) is 5.03 Å². The Labute approximate surface area is 136 Å². The highest BCUT2D eigenvalue weighted by Crippen LogP contribution is 2.26. The van der Waals surface area contributed by atoms with E-state index in [4.69, 9.17) is 0 Å². The van der Waals surface area contributed by atoms with Crippen molar-refractivity contribution in [1.29, 1.82) is 0 Å². The van der Waals surface area contributed by atoms with Gasteiger partial charge in [-0.3, -0.25) is 10.1 Å². The van der Waals surface area contributed by atoms with Crippen LogP contribution < -0.4 is 10.6 Å². The Kier molecular flexibility index (Phi) is 4.85. The predicted octanol–water partition coefficient (Wildman–Crippen LogP) is 2.67. The quantitative estimate of drug-likeness (QED) is 0.670. The Hall–Kier alpha value is -2.87. The largest absolute Gasteiger partial charge is 0.334 e. The van der Waals surface area contributed by atoms with Gasteiger partial charge in [0.2, 0.25) is 0 Å². The lowest BCUT2D eigenvalue weighted by molar-refractivity contribution is 0.251. The number of amides is 2. The van der Waals surface area contributed by atoms with E-state index in [0.29, 0.717) is 6.54 Å². The second kappa shape index (κ2) is 7.41. The van der Waals surface area contributed by atoms with Crippen LogP contribution in [0.3, 0.4) is 0 Å². The number of carbonyl (C=O) groups is 1. The molecule has 7 nitrogen and oxygen atoms in total. The Morgan fingerprint density at radius 2 is 2.04 bits per heavy atom. The van der Waals surface area contributed by atoms with Crippen LogP contribution in [0, 0.1) is 0 Å². The van der Waals surface area contributed by atoms with Gasteiger partial charge in [-0.15, -0.1) is 0 Å². The molecule has 0 aliphatic carbocycles. The fraction of sp³-hybridized carbons (Fsp3) is 0.0667. The lowest BCUT2D eigenvalue weighted by atomic mass is 10.3. The molecule has 116 valence electrons. The SMILES string of the molecule is O=C(NCc1cn[nH]c1)Nc1ccc(Sc2cnccn2)cc1. The standard InChI is InChI=1S/C15H14N6OS/c22-15(18-7-11-8-19-20-9-11)21-12-1-3-13(4-2-12)23-14-10-16-5-6-17-14/h1-6,8-10H,7H2,(H,19,20)(H2,18,21,22). The Morgan fingerprint density at radius 1 is 1.17 bits per heavy atom. The third-order valence-corrected chi connectivity index (χ3v) is 3.81. The van der Waals surface area contributed by atoms with Gasteiger partial charge in [-0.25, -0.2) is 9.78 Å². The average molecular weight is 326 g/mol. The first-order chi connectivity index (χ1) is 11.3. The van der Waals surface area contributed by atoms with Gasteiger partial charge in [0.05, 0.1) is 12.4 Å². The summed E-state index contributed by atoms with van der Waals surface area (Å²) in [5.41, 5.74) is 1.63. The molecule has 2 amide bonds. The third-order valence-electron chi connectivity index (χ3n) is 2.88. The highest BCUT2D eigenvalue weighted by atomic mass is 32.2. The Balaban J connectivity index is 1.51. The first kappa shape index (κ1) is 15.0. The minimum atomic E-state index is -0.263. The van der Waals surface area contributed by atoms with Gasteiger partial charge in [0.25, 0.3) is 0 Å². The third kappa shape index (κ3) is 4.55. The van der Waals surface area contributed by atoms with Crippen LogP contribution in [0.5, 0.6) is 0 Å². The molecule has 0 unspecified atom stereocenters. The molecule has 0 saturated heterocycles. The first-order valence-corrected chi connectivity index (χ1v) is 7.68. The number of nitrogens with one attached hydrogen (secondary N) is 3. The maximum absolute atomic E-state index is 11.8. The molecule has 1 aromatic carbocycles. The van der Waals surface area contributed by atoms with Crippen LogP contribution in [0.1, 0.15) is 5.56 Å². The molecule has 0 atom stereocenters. The summed E-state index contributed by atoms with van der Waals surface area (Å²) < 4.78 is 0. The fourth-order valence-electron chi connectivity index (χ4n) is 1.80. The normalized spacial score (nSPS) is 10.3. The Morgan fingerprint density at radius 3 is 2.74 bits per heavy atom. The maximum atomic E-state index is 11.8. The summed E-state index contributed by atoms with van der Waals surface area (Å²) in [6.45, 7) is 0.420. The number of hydrogen-bond donors (Lipinski definition) is 3. The molecule has 8 heteroatoms. The number of aromatic amines is 1. The van der Waals surface area contributed by atoms with Gasteiger partial charge >= 0.3 is 6.03 Å². The Bertz CT molecular complexity index is 745. The number of hydrogen-bond acceptors (Lipinski definition) is 5. The van der Waals surface area contributed by atoms with Gasteiger partial charge in [-0.05, 0) is 24.3 Å². The van der Waals surface area contributed by atoms with Gasteiger partial charge in [0, 0.05) is 41.3 Å². The van der Waals surface area contributed by atoms with Crippen LogP contribution >= 0.6 is 11.8 Å². The topological polar surface area (TPSA) is 95.6 Å². The average Bonchev–Trinajstić information content (AvgIpc) is 3.09. The van der Waals surface area contributed by atoms with Crippen molar-refractivity contribution in [2.75, 3.05) is 5.32 Å². The zero-order valence-electron chi connectivity index (χ0n) is 12.1. The van der Waals surface area contributed by atoms with E-state index in [1.807, 2.05) is 24.3 Å². The van der Waals surface area contributed by atoms with E-state index in [1.165, 1.54) is 11.8 Å². The summed E-state index contributed by atoms with van der Waals surface area (Å²) in [6.07, 6.45) is 8.40. The minimum absolute atomic E-state index is 0.263. The van der Waals surface area contributed by atoms with Gasteiger partial charge < -0.3 is 10.6 Å². The molecule has 3 N–H and O–H groups in total. The summed E-state index contributed by atoms with van der Waals surface area (Å²) in [5, 5.41) is 12.9. The number of aromatic nitrogens is 4. The van der Waals surface area contributed by atoms with Crippen molar-refractivity contribution < 1.29 is 4.79 Å². The van der Waals surface area contributed by atoms with E-state index in [9.17, 15) is 4.79 Å². The monoisotopic (exact) mass is 326 g/mol. The lowest BCUT2D eigenvalue weighted by Gasteiger charge is -2.07. The van der Waals surface area contributed by atoms with E-state index in [-0.39, 0.29) is 6.03 Å². The summed E-state index contributed by atoms with van der Waals surface area (Å²) in [6, 6.07) is 7.27. The molecular formula is C15H14N6OS. The van der Waals surface area contributed by atoms with Crippen LogP contribution in [-0.4, -0.2) is 26.2 Å². The van der Waals surface area contributed by atoms with E-state index < -0.39 is 0 Å². The van der Waals surface area contributed by atoms with Gasteiger partial charge in [-0.2, -0.15) is 5.10 Å². The summed E-state index contributed by atoms with van der Waals surface area (Å²) in [4.78, 5) is 21.1. The number of rotatable bonds is 5. The molecule has 0 bridgehead atoms. The van der Waals surface area contributed by atoms with Gasteiger partial charge in [-0.1, -0.05) is 11.8 Å². The molecule has 23 heavy (non-hydrogen) atoms. The number of carbonyl (C=O) groups excluding carboxylic acids is 1. The number of anilines is 1. The van der Waals surface area contributed by atoms with E-state index >= 15 is 0 Å². The zero-order chi connectivity index (χ0) is 15.9. The maximum Gasteiger partial charge on any atom is 0.319 e. The molecule has 0 fully saturated rings. The molecular weight excluding hydrogens is 312 g/mol. The van der Waals surface area contributed by atoms with Crippen LogP contribution in [-0.2, 0) is 6.54 Å². The van der Waals surface area contributed by atoms with Crippen LogP contribution in [0.2, 0.25) is 0 Å². The highest BCUT2D eigenvalue weighted by Gasteiger charge is 2.03. The molecule has 3 aromatic rings. The molecule has 3 rings (SSSR count). The van der Waals surface area contributed by atoms with Crippen LogP contribution in [0.15, 0.2) is 65.2 Å². The summed E-state index contributed by atoms with van der Waals surface area (Å²) in [5.74, 6) is 0. The summed E-state index contributed by atoms with van der Waals surface area (Å²) >= 11 is 1.51. The molecule has 0 radical (unpaired) electrons. The second-order valence-electron chi connectivity index (χ2n) is 4.58. The lowest BCUT2D eigenvalue weighted by Crippen LogP contribution is -2.27. The smallest absolute Gasteiger partial charge is 0.319 e. The number of nitrogens with zero attached hydrogens (tertiary/aromatic N) is 3. The molecule has 0 aliphatic heterocycles. The zero-order valence-corrected chi connectivity index (χ0v) is 12.9. The van der Waals surface area contributed by atoms with Crippen LogP contribution in [0.4, 0.5) is 10.5 Å². The second-order valence-corrected chi connectivity index (χ2v) is 5.68. The number of H-pyrrole nitrogens is 1. The number of benzene rings is 1. The predicted molar refractivity (Wildman–Crippen MR) is 87.0 cm³/mol. The van der Waals surface area contributed by atoms with E-state index in [2.05, 4.69) is 30.8 Å². The molecule has 0 aliphatic rings. The summed E-state index contributed by atoms with van der Waals surface area (Å²) in [7, 11) is 0. The van der Waals surface area contributed by atoms with Crippen molar-refractivity contribution in [3.05, 3.63) is 60.8 Å². The molecule has 2 heterocycles. The minimum Gasteiger partial charge on any atom is -0.334 e. The van der Waals surface area contributed by atoms with Crippen molar-refractivity contribution in [2.24, 2.45) is 0 Å². The van der Waals surface area contributed by atoms with Crippen molar-refractivity contribution in [3.8, 4) is 0 Å². The van der Waals surface area contributed by atoms with E-state index in [1.54, 1.807) is 31.0 Å².